The first-order chi connectivity index (χ1) is 7.70. The van der Waals surface area contributed by atoms with Crippen LogP contribution in [0.1, 0.15) is 54.4 Å². The number of rotatable bonds is 3. The second kappa shape index (κ2) is 4.79. The number of carbonyl (C=O) groups is 1. The molecular weight excluding hydrogens is 198 g/mol. The maximum Gasteiger partial charge on any atom is 0.179 e. The number of nitrogens with two attached hydrogens (primary N) is 1. The van der Waals surface area contributed by atoms with Crippen LogP contribution in [0.4, 0.5) is 0 Å². The third-order valence-corrected chi connectivity index (χ3v) is 3.43. The first-order valence-corrected chi connectivity index (χ1v) is 6.09. The molecule has 2 N–H and O–H groups in total. The summed E-state index contributed by atoms with van der Waals surface area (Å²) >= 11 is 0. The number of hydrogen-bond acceptors (Lipinski definition) is 2. The van der Waals surface area contributed by atoms with Gasteiger partial charge in [-0.1, -0.05) is 37.1 Å². The van der Waals surface area contributed by atoms with Gasteiger partial charge < -0.3 is 5.73 Å². The predicted octanol–water partition coefficient (Wildman–Crippen LogP) is 2.87. The van der Waals surface area contributed by atoms with Crippen LogP contribution in [0.25, 0.3) is 0 Å². The molecule has 2 rings (SSSR count). The lowest BCUT2D eigenvalue weighted by Gasteiger charge is -2.15. The van der Waals surface area contributed by atoms with Crippen LogP contribution in [-0.2, 0) is 0 Å². The Bertz CT molecular complexity index is 378. The van der Waals surface area contributed by atoms with E-state index in [0.717, 1.165) is 5.56 Å². The molecular formula is C14H19NO. The zero-order valence-electron chi connectivity index (χ0n) is 9.78. The number of Topliss-reactive ketones (excluding diaryl/α,β-unsaturated/α-hetero) is 1. The van der Waals surface area contributed by atoms with E-state index in [0.29, 0.717) is 5.92 Å². The molecule has 1 fully saturated rings. The fourth-order valence-electron chi connectivity index (χ4n) is 2.56. The van der Waals surface area contributed by atoms with Crippen LogP contribution in [0.15, 0.2) is 24.3 Å². The Kier molecular flexibility index (Phi) is 3.39. The highest BCUT2D eigenvalue weighted by atomic mass is 16.1. The molecule has 0 amide bonds. The summed E-state index contributed by atoms with van der Waals surface area (Å²) in [5.41, 5.74) is 7.73. The second-order valence-corrected chi connectivity index (χ2v) is 4.72. The van der Waals surface area contributed by atoms with Gasteiger partial charge in [0.2, 0.25) is 0 Å². The van der Waals surface area contributed by atoms with E-state index in [4.69, 9.17) is 5.73 Å². The largest absolute Gasteiger partial charge is 0.321 e. The first-order valence-electron chi connectivity index (χ1n) is 6.09. The van der Waals surface area contributed by atoms with E-state index >= 15 is 0 Å². The molecule has 0 spiro atoms. The third-order valence-electron chi connectivity index (χ3n) is 3.43. The molecule has 2 nitrogen and oxygen atoms in total. The Hall–Kier alpha value is -1.15. The van der Waals surface area contributed by atoms with E-state index in [2.05, 4.69) is 6.07 Å². The van der Waals surface area contributed by atoms with Crippen molar-refractivity contribution in [1.29, 1.82) is 0 Å². The molecule has 86 valence electrons. The molecule has 16 heavy (non-hydrogen) atoms. The minimum atomic E-state index is -0.400. The lowest BCUT2D eigenvalue weighted by atomic mass is 9.90. The van der Waals surface area contributed by atoms with Crippen molar-refractivity contribution >= 4 is 5.78 Å². The van der Waals surface area contributed by atoms with Gasteiger partial charge in [-0.3, -0.25) is 4.79 Å². The standard InChI is InChI=1S/C14H19NO/c1-10(15)14(16)13-9-5-4-8-12(13)11-6-2-3-7-11/h4-5,8-11H,2-3,6-7,15H2,1H3. The molecule has 0 saturated heterocycles. The SMILES string of the molecule is CC(N)C(=O)c1ccccc1C1CCCC1. The summed E-state index contributed by atoms with van der Waals surface area (Å²) in [5.74, 6) is 0.640. The molecule has 1 aliphatic carbocycles. The third kappa shape index (κ3) is 2.17. The van der Waals surface area contributed by atoms with Crippen LogP contribution in [-0.4, -0.2) is 11.8 Å². The van der Waals surface area contributed by atoms with Crippen LogP contribution in [0, 0.1) is 0 Å². The minimum Gasteiger partial charge on any atom is -0.321 e. The first kappa shape index (κ1) is 11.3. The lowest BCUT2D eigenvalue weighted by molar-refractivity contribution is 0.0966. The van der Waals surface area contributed by atoms with E-state index in [1.807, 2.05) is 18.2 Å². The van der Waals surface area contributed by atoms with Gasteiger partial charge in [-0.05, 0) is 31.2 Å². The van der Waals surface area contributed by atoms with Crippen molar-refractivity contribution in [3.63, 3.8) is 0 Å². The fraction of sp³-hybridized carbons (Fsp3) is 0.500. The van der Waals surface area contributed by atoms with E-state index in [1.54, 1.807) is 6.92 Å². The van der Waals surface area contributed by atoms with Crippen LogP contribution in [0.3, 0.4) is 0 Å². The Labute approximate surface area is 96.8 Å². The van der Waals surface area contributed by atoms with Gasteiger partial charge in [0.15, 0.2) is 5.78 Å². The van der Waals surface area contributed by atoms with Crippen LogP contribution in [0.2, 0.25) is 0 Å². The van der Waals surface area contributed by atoms with Crippen molar-refractivity contribution in [3.8, 4) is 0 Å². The molecule has 1 unspecified atom stereocenters. The van der Waals surface area contributed by atoms with Gasteiger partial charge in [0.05, 0.1) is 6.04 Å². The molecule has 2 heteroatoms. The Morgan fingerprint density at radius 2 is 1.94 bits per heavy atom. The van der Waals surface area contributed by atoms with Crippen LogP contribution >= 0.6 is 0 Å². The average Bonchev–Trinajstić information content (AvgIpc) is 2.81. The molecule has 0 bridgehead atoms. The van der Waals surface area contributed by atoms with Gasteiger partial charge in [0.1, 0.15) is 0 Å². The summed E-state index contributed by atoms with van der Waals surface area (Å²) in [4.78, 5) is 12.0. The highest BCUT2D eigenvalue weighted by Gasteiger charge is 2.23. The topological polar surface area (TPSA) is 43.1 Å². The van der Waals surface area contributed by atoms with Crippen LogP contribution < -0.4 is 5.73 Å². The molecule has 1 saturated carbocycles. The molecule has 1 aromatic carbocycles. The van der Waals surface area contributed by atoms with Crippen molar-refractivity contribution in [2.75, 3.05) is 0 Å². The minimum absolute atomic E-state index is 0.0718. The van der Waals surface area contributed by atoms with Gasteiger partial charge in [-0.25, -0.2) is 0 Å². The fourth-order valence-corrected chi connectivity index (χ4v) is 2.56. The van der Waals surface area contributed by atoms with Gasteiger partial charge in [-0.15, -0.1) is 0 Å². The highest BCUT2D eigenvalue weighted by Crippen LogP contribution is 2.35. The summed E-state index contributed by atoms with van der Waals surface area (Å²) in [5, 5.41) is 0. The zero-order valence-corrected chi connectivity index (χ0v) is 9.78. The summed E-state index contributed by atoms with van der Waals surface area (Å²) in [6, 6.07) is 7.55. The van der Waals surface area contributed by atoms with E-state index in [-0.39, 0.29) is 5.78 Å². The highest BCUT2D eigenvalue weighted by molar-refractivity contribution is 6.01. The Balaban J connectivity index is 2.33. The number of benzene rings is 1. The maximum atomic E-state index is 12.0. The summed E-state index contributed by atoms with van der Waals surface area (Å²) in [6.45, 7) is 1.76. The monoisotopic (exact) mass is 217 g/mol. The Morgan fingerprint density at radius 3 is 2.56 bits per heavy atom. The van der Waals surface area contributed by atoms with Gasteiger partial charge in [0, 0.05) is 5.56 Å². The zero-order chi connectivity index (χ0) is 11.5. The van der Waals surface area contributed by atoms with Crippen LogP contribution in [0.5, 0.6) is 0 Å². The van der Waals surface area contributed by atoms with Gasteiger partial charge in [-0.2, -0.15) is 0 Å². The molecule has 0 aliphatic heterocycles. The predicted molar refractivity (Wildman–Crippen MR) is 65.6 cm³/mol. The molecule has 1 aromatic rings. The van der Waals surface area contributed by atoms with Gasteiger partial charge in [0.25, 0.3) is 0 Å². The van der Waals surface area contributed by atoms with Crippen molar-refractivity contribution in [1.82, 2.24) is 0 Å². The summed E-state index contributed by atoms with van der Waals surface area (Å²) < 4.78 is 0. The van der Waals surface area contributed by atoms with E-state index < -0.39 is 6.04 Å². The number of hydrogen-bond donors (Lipinski definition) is 1. The molecule has 0 heterocycles. The summed E-state index contributed by atoms with van der Waals surface area (Å²) in [7, 11) is 0. The average molecular weight is 217 g/mol. The lowest BCUT2D eigenvalue weighted by Crippen LogP contribution is -2.27. The normalized spacial score (nSPS) is 18.6. The van der Waals surface area contributed by atoms with Crippen molar-refractivity contribution < 1.29 is 4.79 Å². The van der Waals surface area contributed by atoms with Crippen molar-refractivity contribution in [2.24, 2.45) is 5.73 Å². The number of ketones is 1. The molecule has 0 aromatic heterocycles. The second-order valence-electron chi connectivity index (χ2n) is 4.72. The quantitative estimate of drug-likeness (QED) is 0.791. The maximum absolute atomic E-state index is 12.0. The molecule has 1 aliphatic rings. The van der Waals surface area contributed by atoms with E-state index in [9.17, 15) is 4.79 Å². The molecule has 1 atom stereocenters. The van der Waals surface area contributed by atoms with Crippen molar-refractivity contribution in [3.05, 3.63) is 35.4 Å². The smallest absolute Gasteiger partial charge is 0.179 e. The Morgan fingerprint density at radius 1 is 1.31 bits per heavy atom. The number of carbonyl (C=O) groups excluding carboxylic acids is 1. The molecule has 0 radical (unpaired) electrons. The summed E-state index contributed by atoms with van der Waals surface area (Å²) in [6.07, 6.45) is 4.99. The van der Waals surface area contributed by atoms with Crippen molar-refractivity contribution in [2.45, 2.75) is 44.6 Å². The van der Waals surface area contributed by atoms with Gasteiger partial charge >= 0.3 is 0 Å². The van der Waals surface area contributed by atoms with E-state index in [1.165, 1.54) is 31.2 Å².